The molecule has 3 aromatic heterocycles. The quantitative estimate of drug-likeness (QED) is 0.682. The van der Waals surface area contributed by atoms with Gasteiger partial charge < -0.3 is 4.42 Å². The van der Waals surface area contributed by atoms with Crippen LogP contribution in [0.1, 0.15) is 5.56 Å². The van der Waals surface area contributed by atoms with Gasteiger partial charge in [-0.3, -0.25) is 4.99 Å². The number of thiophene rings is 1. The molecule has 3 aromatic rings. The highest BCUT2D eigenvalue weighted by molar-refractivity contribution is 7.08. The summed E-state index contributed by atoms with van der Waals surface area (Å²) in [5.74, 6) is 0.786. The lowest BCUT2D eigenvalue weighted by Crippen LogP contribution is -2.11. The molecule has 0 saturated carbocycles. The van der Waals surface area contributed by atoms with Gasteiger partial charge in [0.25, 0.3) is 0 Å². The molecule has 96 valence electrons. The van der Waals surface area contributed by atoms with Gasteiger partial charge in [0.1, 0.15) is 5.69 Å². The van der Waals surface area contributed by atoms with E-state index in [9.17, 15) is 0 Å². The molecule has 0 spiro atoms. The Hall–Kier alpha value is -1.92. The lowest BCUT2D eigenvalue weighted by Gasteiger charge is -1.99. The van der Waals surface area contributed by atoms with Gasteiger partial charge in [0.2, 0.25) is 4.80 Å². The van der Waals surface area contributed by atoms with Crippen molar-refractivity contribution in [3.63, 3.8) is 0 Å². The van der Waals surface area contributed by atoms with Crippen LogP contribution in [0.5, 0.6) is 0 Å². The molecular weight excluding hydrogens is 278 g/mol. The van der Waals surface area contributed by atoms with E-state index in [4.69, 9.17) is 4.42 Å². The monoisotopic (exact) mass is 289 g/mol. The first-order valence-electron chi connectivity index (χ1n) is 5.62. The van der Waals surface area contributed by atoms with Gasteiger partial charge >= 0.3 is 0 Å². The molecule has 0 aliphatic rings. The van der Waals surface area contributed by atoms with Crippen molar-refractivity contribution in [1.82, 2.24) is 4.68 Å². The van der Waals surface area contributed by atoms with Crippen LogP contribution in [-0.2, 0) is 0 Å². The summed E-state index contributed by atoms with van der Waals surface area (Å²) in [5.41, 5.74) is 1.98. The fourth-order valence-electron chi connectivity index (χ4n) is 1.63. The molecule has 4 nitrogen and oxygen atoms in total. The maximum Gasteiger partial charge on any atom is 0.206 e. The van der Waals surface area contributed by atoms with E-state index in [-0.39, 0.29) is 0 Å². The van der Waals surface area contributed by atoms with Crippen molar-refractivity contribution in [2.75, 3.05) is 7.05 Å². The fourth-order valence-corrected chi connectivity index (χ4v) is 3.02. The predicted octanol–water partition coefficient (Wildman–Crippen LogP) is 3.28. The van der Waals surface area contributed by atoms with E-state index >= 15 is 0 Å². The molecule has 3 heterocycles. The molecular formula is C13H11N3OS2. The molecule has 6 heteroatoms. The second-order valence-electron chi connectivity index (χ2n) is 3.72. The Morgan fingerprint density at radius 2 is 2.26 bits per heavy atom. The number of furan rings is 1. The van der Waals surface area contributed by atoms with Crippen LogP contribution in [0.4, 0.5) is 0 Å². The SMILES string of the molecule is CN=c1scc(-c2ccco2)n1N=Cc1ccsc1. The van der Waals surface area contributed by atoms with Gasteiger partial charge in [0.15, 0.2) is 5.76 Å². The summed E-state index contributed by atoms with van der Waals surface area (Å²) in [6, 6.07) is 5.80. The minimum absolute atomic E-state index is 0.786. The highest BCUT2D eigenvalue weighted by Gasteiger charge is 2.08. The Morgan fingerprint density at radius 1 is 1.32 bits per heavy atom. The summed E-state index contributed by atoms with van der Waals surface area (Å²) in [7, 11) is 1.76. The van der Waals surface area contributed by atoms with Crippen molar-refractivity contribution in [3.8, 4) is 11.5 Å². The fraction of sp³-hybridized carbons (Fsp3) is 0.0769. The van der Waals surface area contributed by atoms with E-state index in [0.717, 1.165) is 21.8 Å². The zero-order valence-corrected chi connectivity index (χ0v) is 11.8. The number of rotatable bonds is 3. The van der Waals surface area contributed by atoms with Crippen molar-refractivity contribution in [2.24, 2.45) is 10.1 Å². The molecule has 0 aromatic carbocycles. The first-order valence-corrected chi connectivity index (χ1v) is 7.44. The topological polar surface area (TPSA) is 42.8 Å². The van der Waals surface area contributed by atoms with Crippen molar-refractivity contribution < 1.29 is 4.42 Å². The standard InChI is InChI=1S/C13H11N3OS2/c1-14-13-16(15-7-10-4-6-18-8-10)11(9-19-13)12-3-2-5-17-12/h2-9H,1H3. The number of thiazole rings is 1. The molecule has 0 amide bonds. The van der Waals surface area contributed by atoms with Gasteiger partial charge in [0.05, 0.1) is 12.5 Å². The van der Waals surface area contributed by atoms with E-state index in [1.165, 1.54) is 11.3 Å². The molecule has 0 saturated heterocycles. The Morgan fingerprint density at radius 3 is 2.95 bits per heavy atom. The van der Waals surface area contributed by atoms with Gasteiger partial charge in [-0.1, -0.05) is 0 Å². The summed E-state index contributed by atoms with van der Waals surface area (Å²) >= 11 is 3.19. The van der Waals surface area contributed by atoms with E-state index in [1.807, 2.05) is 40.6 Å². The Balaban J connectivity index is 2.06. The minimum atomic E-state index is 0.786. The molecule has 0 aliphatic heterocycles. The Labute approximate surface area is 118 Å². The highest BCUT2D eigenvalue weighted by Crippen LogP contribution is 2.20. The minimum Gasteiger partial charge on any atom is -0.463 e. The third kappa shape index (κ3) is 2.45. The van der Waals surface area contributed by atoms with Crippen LogP contribution < -0.4 is 4.80 Å². The van der Waals surface area contributed by atoms with Crippen LogP contribution >= 0.6 is 22.7 Å². The van der Waals surface area contributed by atoms with E-state index in [1.54, 1.807) is 29.3 Å². The van der Waals surface area contributed by atoms with Crippen LogP contribution in [0, 0.1) is 0 Å². The van der Waals surface area contributed by atoms with Gasteiger partial charge in [0, 0.05) is 18.0 Å². The molecule has 0 fully saturated rings. The average Bonchev–Trinajstić information content (AvgIpc) is 3.16. The lowest BCUT2D eigenvalue weighted by molar-refractivity contribution is 0.575. The Bertz CT molecular complexity index is 733. The molecule has 0 atom stereocenters. The van der Waals surface area contributed by atoms with Crippen LogP contribution in [-0.4, -0.2) is 17.9 Å². The summed E-state index contributed by atoms with van der Waals surface area (Å²) in [5, 5.41) is 10.6. The third-order valence-corrected chi connectivity index (χ3v) is 4.12. The number of hydrogen-bond acceptors (Lipinski definition) is 5. The smallest absolute Gasteiger partial charge is 0.206 e. The van der Waals surface area contributed by atoms with Crippen LogP contribution in [0.15, 0.2) is 55.1 Å². The summed E-state index contributed by atoms with van der Waals surface area (Å²) < 4.78 is 7.22. The largest absolute Gasteiger partial charge is 0.463 e. The first kappa shape index (κ1) is 12.1. The summed E-state index contributed by atoms with van der Waals surface area (Å²) in [6.45, 7) is 0. The maximum atomic E-state index is 5.43. The second-order valence-corrected chi connectivity index (χ2v) is 5.33. The number of aromatic nitrogens is 1. The maximum absolute atomic E-state index is 5.43. The normalized spacial score (nSPS) is 12.6. The predicted molar refractivity (Wildman–Crippen MR) is 78.8 cm³/mol. The van der Waals surface area contributed by atoms with Crippen LogP contribution in [0.25, 0.3) is 11.5 Å². The summed E-state index contributed by atoms with van der Waals surface area (Å²) in [6.07, 6.45) is 3.48. The second kappa shape index (κ2) is 5.38. The van der Waals surface area contributed by atoms with Crippen LogP contribution in [0.3, 0.4) is 0 Å². The molecule has 0 bridgehead atoms. The zero-order chi connectivity index (χ0) is 13.1. The van der Waals surface area contributed by atoms with Crippen molar-refractivity contribution in [2.45, 2.75) is 0 Å². The zero-order valence-electron chi connectivity index (χ0n) is 10.2. The van der Waals surface area contributed by atoms with Gasteiger partial charge in [-0.05, 0) is 29.0 Å². The average molecular weight is 289 g/mol. The van der Waals surface area contributed by atoms with E-state index in [2.05, 4.69) is 10.1 Å². The van der Waals surface area contributed by atoms with Gasteiger partial charge in [-0.25, -0.2) is 4.68 Å². The van der Waals surface area contributed by atoms with Gasteiger partial charge in [-0.2, -0.15) is 16.4 Å². The molecule has 3 rings (SSSR count). The molecule has 0 unspecified atom stereocenters. The van der Waals surface area contributed by atoms with Gasteiger partial charge in [-0.15, -0.1) is 11.3 Å². The molecule has 19 heavy (non-hydrogen) atoms. The molecule has 0 N–H and O–H groups in total. The lowest BCUT2D eigenvalue weighted by atomic mass is 10.4. The van der Waals surface area contributed by atoms with Crippen molar-refractivity contribution >= 4 is 28.9 Å². The van der Waals surface area contributed by atoms with Crippen molar-refractivity contribution in [3.05, 3.63) is 51.0 Å². The third-order valence-electron chi connectivity index (χ3n) is 2.52. The highest BCUT2D eigenvalue weighted by atomic mass is 32.1. The first-order chi connectivity index (χ1) is 9.38. The Kier molecular flexibility index (Phi) is 3.43. The number of nitrogens with zero attached hydrogens (tertiary/aromatic N) is 3. The van der Waals surface area contributed by atoms with Crippen molar-refractivity contribution in [1.29, 1.82) is 0 Å². The van der Waals surface area contributed by atoms with Crippen LogP contribution in [0.2, 0.25) is 0 Å². The van der Waals surface area contributed by atoms with E-state index < -0.39 is 0 Å². The van der Waals surface area contributed by atoms with E-state index in [0.29, 0.717) is 0 Å². The number of hydrogen-bond donors (Lipinski definition) is 0. The summed E-state index contributed by atoms with van der Waals surface area (Å²) in [4.78, 5) is 5.06. The molecule has 0 radical (unpaired) electrons. The molecule has 0 aliphatic carbocycles.